The van der Waals surface area contributed by atoms with Crippen LogP contribution in [0, 0.1) is 0 Å². The van der Waals surface area contributed by atoms with Crippen LogP contribution in [0.25, 0.3) is 0 Å². The second-order valence-corrected chi connectivity index (χ2v) is 7.50. The monoisotopic (exact) mass is 399 g/mol. The van der Waals surface area contributed by atoms with Crippen LogP contribution < -0.4 is 0 Å². The second-order valence-electron chi connectivity index (χ2n) is 6.04. The molecule has 0 bridgehead atoms. The number of carbonyl (C=O) groups is 2. The van der Waals surface area contributed by atoms with E-state index in [0.29, 0.717) is 10.6 Å². The third kappa shape index (κ3) is 3.18. The van der Waals surface area contributed by atoms with Gasteiger partial charge in [-0.2, -0.15) is 0 Å². The SMILES string of the molecule is O=C(C1=C(O)C(=O)N(Cc2cccs2)C1c1ccc(Cl)cc1)c1ccco1. The van der Waals surface area contributed by atoms with Crippen molar-refractivity contribution in [2.75, 3.05) is 0 Å². The fraction of sp³-hybridized carbons (Fsp3) is 0.100. The summed E-state index contributed by atoms with van der Waals surface area (Å²) >= 11 is 7.49. The lowest BCUT2D eigenvalue weighted by Gasteiger charge is -2.26. The van der Waals surface area contributed by atoms with Crippen molar-refractivity contribution in [3.05, 3.63) is 92.7 Å². The van der Waals surface area contributed by atoms with Gasteiger partial charge in [-0.05, 0) is 41.3 Å². The largest absolute Gasteiger partial charge is 0.503 e. The van der Waals surface area contributed by atoms with Gasteiger partial charge in [0.05, 0.1) is 24.4 Å². The molecule has 3 aromatic rings. The Bertz CT molecular complexity index is 1010. The third-order valence-corrected chi connectivity index (χ3v) is 5.50. The van der Waals surface area contributed by atoms with Crippen LogP contribution in [0.5, 0.6) is 0 Å². The summed E-state index contributed by atoms with van der Waals surface area (Å²) in [4.78, 5) is 28.2. The number of rotatable bonds is 5. The molecule has 5 nitrogen and oxygen atoms in total. The first-order chi connectivity index (χ1) is 13.1. The van der Waals surface area contributed by atoms with E-state index in [1.165, 1.54) is 28.6 Å². The van der Waals surface area contributed by atoms with Crippen LogP contribution in [0.2, 0.25) is 5.02 Å². The molecule has 136 valence electrons. The molecule has 1 aliphatic rings. The molecule has 1 amide bonds. The molecule has 1 aliphatic heterocycles. The van der Waals surface area contributed by atoms with Crippen molar-refractivity contribution in [3.8, 4) is 0 Å². The maximum atomic E-state index is 12.9. The van der Waals surface area contributed by atoms with Crippen LogP contribution in [0.3, 0.4) is 0 Å². The van der Waals surface area contributed by atoms with Gasteiger partial charge in [-0.25, -0.2) is 0 Å². The summed E-state index contributed by atoms with van der Waals surface area (Å²) < 4.78 is 5.19. The van der Waals surface area contributed by atoms with Gasteiger partial charge in [0.1, 0.15) is 0 Å². The average molecular weight is 400 g/mol. The Morgan fingerprint density at radius 1 is 1.19 bits per heavy atom. The van der Waals surface area contributed by atoms with E-state index in [2.05, 4.69) is 0 Å². The lowest BCUT2D eigenvalue weighted by molar-refractivity contribution is -0.130. The molecular formula is C20H14ClNO4S. The minimum atomic E-state index is -0.727. The number of carbonyl (C=O) groups excluding carboxylic acids is 2. The maximum Gasteiger partial charge on any atom is 0.290 e. The number of aliphatic hydroxyl groups is 1. The quantitative estimate of drug-likeness (QED) is 0.627. The van der Waals surface area contributed by atoms with Crippen molar-refractivity contribution in [3.63, 3.8) is 0 Å². The van der Waals surface area contributed by atoms with Crippen molar-refractivity contribution < 1.29 is 19.1 Å². The number of ketones is 1. The highest BCUT2D eigenvalue weighted by Gasteiger charge is 2.44. The van der Waals surface area contributed by atoms with Crippen LogP contribution in [-0.2, 0) is 11.3 Å². The summed E-state index contributed by atoms with van der Waals surface area (Å²) in [7, 11) is 0. The Labute approximate surface area is 164 Å². The Morgan fingerprint density at radius 2 is 1.96 bits per heavy atom. The number of thiophene rings is 1. The number of furan rings is 1. The minimum absolute atomic E-state index is 0.00817. The van der Waals surface area contributed by atoms with Gasteiger partial charge in [-0.15, -0.1) is 11.3 Å². The molecule has 0 saturated heterocycles. The zero-order chi connectivity index (χ0) is 19.0. The molecule has 1 N–H and O–H groups in total. The molecule has 7 heteroatoms. The van der Waals surface area contributed by atoms with E-state index in [1.54, 1.807) is 30.3 Å². The molecular weight excluding hydrogens is 386 g/mol. The minimum Gasteiger partial charge on any atom is -0.503 e. The van der Waals surface area contributed by atoms with E-state index in [9.17, 15) is 14.7 Å². The maximum absolute atomic E-state index is 12.9. The highest BCUT2D eigenvalue weighted by molar-refractivity contribution is 7.09. The van der Waals surface area contributed by atoms with Crippen molar-refractivity contribution in [1.29, 1.82) is 0 Å². The summed E-state index contributed by atoms with van der Waals surface area (Å²) in [5.74, 6) is -1.58. The number of Topliss-reactive ketones (excluding diaryl/α,β-unsaturated/α-hetero) is 1. The molecule has 1 aromatic carbocycles. The van der Waals surface area contributed by atoms with Gasteiger partial charge in [0.15, 0.2) is 11.5 Å². The first kappa shape index (κ1) is 17.6. The van der Waals surface area contributed by atoms with Crippen LogP contribution >= 0.6 is 22.9 Å². The summed E-state index contributed by atoms with van der Waals surface area (Å²) in [6.07, 6.45) is 1.38. The van der Waals surface area contributed by atoms with E-state index in [0.717, 1.165) is 4.88 Å². The van der Waals surface area contributed by atoms with Gasteiger partial charge in [0, 0.05) is 9.90 Å². The number of halogens is 1. The number of aliphatic hydroxyl groups excluding tert-OH is 1. The van der Waals surface area contributed by atoms with Gasteiger partial charge < -0.3 is 14.4 Å². The van der Waals surface area contributed by atoms with Crippen molar-refractivity contribution in [2.45, 2.75) is 12.6 Å². The van der Waals surface area contributed by atoms with E-state index in [4.69, 9.17) is 16.0 Å². The lowest BCUT2D eigenvalue weighted by Crippen LogP contribution is -2.30. The van der Waals surface area contributed by atoms with Gasteiger partial charge in [0.2, 0.25) is 5.78 Å². The van der Waals surface area contributed by atoms with Crippen LogP contribution in [-0.4, -0.2) is 21.7 Å². The fourth-order valence-corrected chi connectivity index (χ4v) is 3.98. The number of nitrogens with zero attached hydrogens (tertiary/aromatic N) is 1. The van der Waals surface area contributed by atoms with Gasteiger partial charge in [-0.1, -0.05) is 29.8 Å². The molecule has 1 unspecified atom stereocenters. The molecule has 0 saturated carbocycles. The Hall–Kier alpha value is -2.83. The summed E-state index contributed by atoms with van der Waals surface area (Å²) in [6, 6.07) is 13.0. The zero-order valence-electron chi connectivity index (χ0n) is 14.0. The molecule has 0 radical (unpaired) electrons. The highest BCUT2D eigenvalue weighted by atomic mass is 35.5. The fourth-order valence-electron chi connectivity index (χ4n) is 3.15. The van der Waals surface area contributed by atoms with Crippen LogP contribution in [0.4, 0.5) is 0 Å². The Kier molecular flexibility index (Phi) is 4.59. The van der Waals surface area contributed by atoms with Crippen molar-refractivity contribution in [2.24, 2.45) is 0 Å². The Morgan fingerprint density at radius 3 is 2.59 bits per heavy atom. The standard InChI is InChI=1S/C20H14ClNO4S/c21-13-7-5-12(6-8-13)17-16(18(23)15-4-1-9-26-15)19(24)20(25)22(17)11-14-3-2-10-27-14/h1-10,17,24H,11H2. The second kappa shape index (κ2) is 7.06. The molecule has 0 fully saturated rings. The zero-order valence-corrected chi connectivity index (χ0v) is 15.5. The predicted molar refractivity (Wildman–Crippen MR) is 102 cm³/mol. The summed E-state index contributed by atoms with van der Waals surface area (Å²) in [6.45, 7) is 0.281. The van der Waals surface area contributed by atoms with E-state index in [-0.39, 0.29) is 17.9 Å². The molecule has 3 heterocycles. The highest BCUT2D eigenvalue weighted by Crippen LogP contribution is 2.40. The topological polar surface area (TPSA) is 70.8 Å². The van der Waals surface area contributed by atoms with E-state index >= 15 is 0 Å². The molecule has 2 aromatic heterocycles. The van der Waals surface area contributed by atoms with Gasteiger partial charge >= 0.3 is 0 Å². The number of benzene rings is 1. The first-order valence-corrected chi connectivity index (χ1v) is 9.42. The molecule has 0 spiro atoms. The number of hydrogen-bond acceptors (Lipinski definition) is 5. The van der Waals surface area contributed by atoms with Crippen LogP contribution in [0.1, 0.15) is 27.0 Å². The van der Waals surface area contributed by atoms with E-state index < -0.39 is 23.5 Å². The van der Waals surface area contributed by atoms with Crippen LogP contribution in [0.15, 0.2) is 75.9 Å². The molecule has 27 heavy (non-hydrogen) atoms. The third-order valence-electron chi connectivity index (χ3n) is 4.39. The van der Waals surface area contributed by atoms with Gasteiger partial charge in [0.25, 0.3) is 5.91 Å². The van der Waals surface area contributed by atoms with Crippen molar-refractivity contribution >= 4 is 34.6 Å². The smallest absolute Gasteiger partial charge is 0.290 e. The summed E-state index contributed by atoms with van der Waals surface area (Å²) in [5.41, 5.74) is 0.692. The normalized spacial score (nSPS) is 17.0. The van der Waals surface area contributed by atoms with Crippen molar-refractivity contribution in [1.82, 2.24) is 4.90 Å². The van der Waals surface area contributed by atoms with Gasteiger partial charge in [-0.3, -0.25) is 9.59 Å². The number of amides is 1. The first-order valence-electron chi connectivity index (χ1n) is 8.16. The molecule has 0 aliphatic carbocycles. The lowest BCUT2D eigenvalue weighted by atomic mass is 9.95. The number of hydrogen-bond donors (Lipinski definition) is 1. The predicted octanol–water partition coefficient (Wildman–Crippen LogP) is 4.77. The molecule has 1 atom stereocenters. The summed E-state index contributed by atoms with van der Waals surface area (Å²) in [5, 5.41) is 13.0. The Balaban J connectivity index is 1.80. The van der Waals surface area contributed by atoms with E-state index in [1.807, 2.05) is 17.5 Å². The molecule has 4 rings (SSSR count). The average Bonchev–Trinajstić information content (AvgIpc) is 3.41.